The van der Waals surface area contributed by atoms with Gasteiger partial charge in [0, 0.05) is 17.3 Å². The lowest BCUT2D eigenvalue weighted by Crippen LogP contribution is -2.08. The molecule has 0 aliphatic rings. The second-order valence-electron chi connectivity index (χ2n) is 4.94. The smallest absolute Gasteiger partial charge is 0.220 e. The first-order valence-corrected chi connectivity index (χ1v) is 8.23. The lowest BCUT2D eigenvalue weighted by Gasteiger charge is -2.09. The van der Waals surface area contributed by atoms with Crippen molar-refractivity contribution in [2.45, 2.75) is 20.3 Å². The summed E-state index contributed by atoms with van der Waals surface area (Å²) in [5.41, 5.74) is 2.69. The molecule has 0 fully saturated rings. The molecule has 2 aromatic carbocycles. The van der Waals surface area contributed by atoms with Crippen LogP contribution in [-0.4, -0.2) is 12.4 Å². The molecule has 0 radical (unpaired) electrons. The fourth-order valence-electron chi connectivity index (χ4n) is 2.27. The van der Waals surface area contributed by atoms with Crippen LogP contribution < -0.4 is 5.30 Å². The summed E-state index contributed by atoms with van der Waals surface area (Å²) in [5.74, 6) is 0.0356. The van der Waals surface area contributed by atoms with E-state index in [-0.39, 0.29) is 18.8 Å². The predicted octanol–water partition coefficient (Wildman–Crippen LogP) is 3.69. The van der Waals surface area contributed by atoms with Crippen molar-refractivity contribution >= 4 is 19.1 Å². The standard InChI is InChI=1S/C17H19O3P/c1-13-7-6-8-14(2)17(13)16(18)11-12-20-21(19)15-9-4-3-5-10-15/h3-10,21H,11-12H2,1-2H3. The van der Waals surface area contributed by atoms with E-state index in [2.05, 4.69) is 0 Å². The third kappa shape index (κ3) is 4.13. The molecule has 3 nitrogen and oxygen atoms in total. The van der Waals surface area contributed by atoms with Gasteiger partial charge in [0.1, 0.15) is 0 Å². The van der Waals surface area contributed by atoms with E-state index in [1.54, 1.807) is 12.1 Å². The number of rotatable bonds is 6. The lowest BCUT2D eigenvalue weighted by molar-refractivity contribution is 0.0963. The Morgan fingerprint density at radius 3 is 2.24 bits per heavy atom. The molecule has 4 heteroatoms. The number of carbonyl (C=O) groups excluding carboxylic acids is 1. The number of benzene rings is 2. The van der Waals surface area contributed by atoms with Gasteiger partial charge in [0.25, 0.3) is 0 Å². The number of carbonyl (C=O) groups is 1. The van der Waals surface area contributed by atoms with Gasteiger partial charge >= 0.3 is 0 Å². The number of aryl methyl sites for hydroxylation is 2. The molecule has 0 N–H and O–H groups in total. The molecular formula is C17H19O3P. The molecule has 0 aliphatic heterocycles. The monoisotopic (exact) mass is 302 g/mol. The molecule has 1 atom stereocenters. The molecule has 110 valence electrons. The van der Waals surface area contributed by atoms with Gasteiger partial charge < -0.3 is 4.52 Å². The largest absolute Gasteiger partial charge is 0.327 e. The van der Waals surface area contributed by atoms with Crippen molar-refractivity contribution in [3.05, 3.63) is 65.2 Å². The maximum absolute atomic E-state index is 12.2. The van der Waals surface area contributed by atoms with Gasteiger partial charge in [0.05, 0.1) is 6.61 Å². The van der Waals surface area contributed by atoms with Gasteiger partial charge in [-0.05, 0) is 37.1 Å². The summed E-state index contributed by atoms with van der Waals surface area (Å²) in [6.07, 6.45) is 0.245. The fourth-order valence-corrected chi connectivity index (χ4v) is 3.19. The Morgan fingerprint density at radius 2 is 1.62 bits per heavy atom. The summed E-state index contributed by atoms with van der Waals surface area (Å²) < 4.78 is 17.3. The zero-order chi connectivity index (χ0) is 15.2. The highest BCUT2D eigenvalue weighted by Gasteiger charge is 2.12. The third-order valence-corrected chi connectivity index (χ3v) is 4.60. The van der Waals surface area contributed by atoms with Crippen LogP contribution in [0.1, 0.15) is 27.9 Å². The van der Waals surface area contributed by atoms with Crippen molar-refractivity contribution in [3.63, 3.8) is 0 Å². The van der Waals surface area contributed by atoms with E-state index in [4.69, 9.17) is 4.52 Å². The summed E-state index contributed by atoms with van der Waals surface area (Å²) >= 11 is 0. The Morgan fingerprint density at radius 1 is 1.00 bits per heavy atom. The van der Waals surface area contributed by atoms with E-state index in [9.17, 15) is 9.36 Å². The van der Waals surface area contributed by atoms with Crippen LogP contribution in [-0.2, 0) is 9.09 Å². The van der Waals surface area contributed by atoms with Gasteiger partial charge in [0.15, 0.2) is 5.78 Å². The van der Waals surface area contributed by atoms with Crippen LogP contribution >= 0.6 is 8.03 Å². The SMILES string of the molecule is Cc1cccc(C)c1C(=O)CCO[PH](=O)c1ccccc1. The Kier molecular flexibility index (Phi) is 5.49. The maximum atomic E-state index is 12.2. The molecule has 0 amide bonds. The van der Waals surface area contributed by atoms with Crippen LogP contribution in [0.15, 0.2) is 48.5 Å². The van der Waals surface area contributed by atoms with E-state index in [1.807, 2.05) is 50.2 Å². The average molecular weight is 302 g/mol. The Balaban J connectivity index is 1.92. The Labute approximate surface area is 125 Å². The Bertz CT molecular complexity index is 630. The van der Waals surface area contributed by atoms with Gasteiger partial charge in [-0.25, -0.2) is 0 Å². The van der Waals surface area contributed by atoms with Gasteiger partial charge in [0.2, 0.25) is 8.03 Å². The molecule has 0 bridgehead atoms. The van der Waals surface area contributed by atoms with Crippen molar-refractivity contribution in [1.82, 2.24) is 0 Å². The molecule has 0 spiro atoms. The molecule has 2 rings (SSSR count). The first-order chi connectivity index (χ1) is 10.1. The van der Waals surface area contributed by atoms with E-state index < -0.39 is 8.03 Å². The quantitative estimate of drug-likeness (QED) is 0.604. The molecule has 0 aromatic heterocycles. The van der Waals surface area contributed by atoms with Gasteiger partial charge in [-0.1, -0.05) is 36.4 Å². The molecule has 2 aromatic rings. The second-order valence-corrected chi connectivity index (χ2v) is 6.38. The summed E-state index contributed by atoms with van der Waals surface area (Å²) in [5, 5.41) is 0.682. The first kappa shape index (κ1) is 15.7. The van der Waals surface area contributed by atoms with Crippen LogP contribution in [0.5, 0.6) is 0 Å². The predicted molar refractivity (Wildman–Crippen MR) is 85.9 cm³/mol. The zero-order valence-electron chi connectivity index (χ0n) is 12.3. The summed E-state index contributed by atoms with van der Waals surface area (Å²) in [4.78, 5) is 12.2. The minimum Gasteiger partial charge on any atom is -0.327 e. The van der Waals surface area contributed by atoms with Crippen LogP contribution in [0, 0.1) is 13.8 Å². The first-order valence-electron chi connectivity index (χ1n) is 6.91. The highest BCUT2D eigenvalue weighted by Crippen LogP contribution is 2.22. The third-order valence-electron chi connectivity index (χ3n) is 3.33. The number of hydrogen-bond acceptors (Lipinski definition) is 3. The summed E-state index contributed by atoms with van der Waals surface area (Å²) in [6, 6.07) is 14.8. The molecule has 0 heterocycles. The molecule has 1 unspecified atom stereocenters. The van der Waals surface area contributed by atoms with Crippen molar-refractivity contribution in [1.29, 1.82) is 0 Å². The van der Waals surface area contributed by atoms with Crippen molar-refractivity contribution in [2.75, 3.05) is 6.61 Å². The van der Waals surface area contributed by atoms with Gasteiger partial charge in [-0.2, -0.15) is 0 Å². The second kappa shape index (κ2) is 7.35. The highest BCUT2D eigenvalue weighted by molar-refractivity contribution is 7.48. The van der Waals surface area contributed by atoms with Crippen LogP contribution in [0.3, 0.4) is 0 Å². The van der Waals surface area contributed by atoms with E-state index in [0.29, 0.717) is 5.30 Å². The van der Waals surface area contributed by atoms with Gasteiger partial charge in [-0.3, -0.25) is 9.36 Å². The van der Waals surface area contributed by atoms with Crippen LogP contribution in [0.25, 0.3) is 0 Å². The van der Waals surface area contributed by atoms with Crippen molar-refractivity contribution in [2.24, 2.45) is 0 Å². The molecular weight excluding hydrogens is 283 g/mol. The average Bonchev–Trinajstić information content (AvgIpc) is 2.48. The molecule has 0 aliphatic carbocycles. The highest BCUT2D eigenvalue weighted by atomic mass is 31.1. The van der Waals surface area contributed by atoms with Crippen LogP contribution in [0.2, 0.25) is 0 Å². The van der Waals surface area contributed by atoms with E-state index >= 15 is 0 Å². The summed E-state index contributed by atoms with van der Waals surface area (Å²) in [7, 11) is -2.27. The van der Waals surface area contributed by atoms with Crippen molar-refractivity contribution in [3.8, 4) is 0 Å². The van der Waals surface area contributed by atoms with Crippen LogP contribution in [0.4, 0.5) is 0 Å². The number of ketones is 1. The topological polar surface area (TPSA) is 43.4 Å². The van der Waals surface area contributed by atoms with Gasteiger partial charge in [-0.15, -0.1) is 0 Å². The minimum atomic E-state index is -2.27. The van der Waals surface area contributed by atoms with Crippen molar-refractivity contribution < 1.29 is 13.9 Å². The zero-order valence-corrected chi connectivity index (χ0v) is 13.3. The normalized spacial score (nSPS) is 12.1. The Hall–Kier alpha value is -1.70. The fraction of sp³-hybridized carbons (Fsp3) is 0.235. The number of Topliss-reactive ketones (excluding diaryl/α,β-unsaturated/α-hetero) is 1. The molecule has 0 saturated carbocycles. The lowest BCUT2D eigenvalue weighted by atomic mass is 9.98. The maximum Gasteiger partial charge on any atom is 0.220 e. The summed E-state index contributed by atoms with van der Waals surface area (Å²) in [6.45, 7) is 4.03. The molecule has 21 heavy (non-hydrogen) atoms. The van der Waals surface area contributed by atoms with E-state index in [1.165, 1.54) is 0 Å². The molecule has 0 saturated heterocycles. The minimum absolute atomic E-state index is 0.0356. The van der Waals surface area contributed by atoms with E-state index in [0.717, 1.165) is 16.7 Å². The number of hydrogen-bond donors (Lipinski definition) is 0.